The summed E-state index contributed by atoms with van der Waals surface area (Å²) in [6.45, 7) is 6.66. The number of imidazole rings is 1. The summed E-state index contributed by atoms with van der Waals surface area (Å²) in [7, 11) is 3.21. The van der Waals surface area contributed by atoms with Crippen molar-refractivity contribution in [3.63, 3.8) is 0 Å². The quantitative estimate of drug-likeness (QED) is 0.270. The van der Waals surface area contributed by atoms with Crippen LogP contribution in [0.2, 0.25) is 0 Å². The van der Waals surface area contributed by atoms with Crippen LogP contribution in [-0.2, 0) is 32.7 Å². The third-order valence-corrected chi connectivity index (χ3v) is 6.77. The van der Waals surface area contributed by atoms with Crippen LogP contribution in [0.1, 0.15) is 45.2 Å². The Morgan fingerprint density at radius 2 is 1.69 bits per heavy atom. The molecule has 0 spiro atoms. The first-order valence-electron chi connectivity index (χ1n) is 13.8. The summed E-state index contributed by atoms with van der Waals surface area (Å²) in [6.07, 6.45) is -0.0995. The molecule has 1 N–H and O–H groups in total. The number of rotatable bonds is 11. The van der Waals surface area contributed by atoms with Gasteiger partial charge < -0.3 is 24.3 Å². The van der Waals surface area contributed by atoms with Gasteiger partial charge in [0.05, 0.1) is 37.9 Å². The number of aryl methyl sites for hydroxylation is 1. The number of likely N-dealkylation sites (tertiary alicyclic amines) is 1. The number of imide groups is 1. The lowest BCUT2D eigenvalue weighted by Gasteiger charge is -2.31. The number of methoxy groups -OCH3 is 1. The van der Waals surface area contributed by atoms with Gasteiger partial charge in [-0.2, -0.15) is 0 Å². The van der Waals surface area contributed by atoms with Gasteiger partial charge in [-0.15, -0.1) is 0 Å². The molecule has 1 fully saturated rings. The summed E-state index contributed by atoms with van der Waals surface area (Å²) in [6, 6.07) is 11.6. The average Bonchev–Trinajstić information content (AvgIpc) is 3.19. The summed E-state index contributed by atoms with van der Waals surface area (Å²) in [5.41, 5.74) is 1.06. The molecule has 1 unspecified atom stereocenters. The highest BCUT2D eigenvalue weighted by atomic mass is 16.6. The van der Waals surface area contributed by atoms with Gasteiger partial charge in [-0.3, -0.25) is 23.6 Å². The van der Waals surface area contributed by atoms with Crippen molar-refractivity contribution in [2.24, 2.45) is 7.05 Å². The summed E-state index contributed by atoms with van der Waals surface area (Å²) in [5.74, 6) is 0.546. The third-order valence-electron chi connectivity index (χ3n) is 6.77. The summed E-state index contributed by atoms with van der Waals surface area (Å²) < 4.78 is 24.6. The molecule has 0 radical (unpaired) electrons. The molecule has 12 nitrogen and oxygen atoms in total. The molecule has 3 amide bonds. The van der Waals surface area contributed by atoms with Gasteiger partial charge in [-0.25, -0.2) is 9.59 Å². The molecular formula is C30H38N4O8. The fraction of sp³-hybridized carbons (Fsp3) is 0.467. The van der Waals surface area contributed by atoms with Crippen LogP contribution in [0.5, 0.6) is 11.5 Å². The van der Waals surface area contributed by atoms with Crippen LogP contribution >= 0.6 is 0 Å². The zero-order valence-corrected chi connectivity index (χ0v) is 24.7. The van der Waals surface area contributed by atoms with E-state index in [1.807, 2.05) is 0 Å². The van der Waals surface area contributed by atoms with E-state index in [1.54, 1.807) is 77.4 Å². The topological polar surface area (TPSA) is 130 Å². The van der Waals surface area contributed by atoms with Crippen LogP contribution < -0.4 is 20.5 Å². The molecule has 226 valence electrons. The van der Waals surface area contributed by atoms with Gasteiger partial charge in [0.25, 0.3) is 5.91 Å². The predicted molar refractivity (Wildman–Crippen MR) is 155 cm³/mol. The highest BCUT2D eigenvalue weighted by molar-refractivity contribution is 6.00. The van der Waals surface area contributed by atoms with E-state index in [1.165, 1.54) is 14.0 Å². The van der Waals surface area contributed by atoms with E-state index in [9.17, 15) is 19.2 Å². The van der Waals surface area contributed by atoms with Crippen molar-refractivity contribution in [1.29, 1.82) is 0 Å². The van der Waals surface area contributed by atoms with Crippen LogP contribution in [0.25, 0.3) is 11.0 Å². The van der Waals surface area contributed by atoms with Gasteiger partial charge in [0, 0.05) is 26.1 Å². The van der Waals surface area contributed by atoms with Gasteiger partial charge in [-0.05, 0) is 57.0 Å². The number of carbonyl (C=O) groups excluding carboxylic acids is 3. The average molecular weight is 583 g/mol. The fourth-order valence-corrected chi connectivity index (χ4v) is 4.73. The second-order valence-electron chi connectivity index (χ2n) is 11.0. The van der Waals surface area contributed by atoms with E-state index < -0.39 is 23.6 Å². The molecule has 1 aliphatic rings. The summed E-state index contributed by atoms with van der Waals surface area (Å²) in [4.78, 5) is 52.4. The van der Waals surface area contributed by atoms with Crippen molar-refractivity contribution in [2.45, 2.75) is 51.8 Å². The van der Waals surface area contributed by atoms with Crippen molar-refractivity contribution < 1.29 is 33.3 Å². The number of hydrogen-bond acceptors (Lipinski definition) is 8. The monoisotopic (exact) mass is 582 g/mol. The smallest absolute Gasteiger partial charge is 0.407 e. The molecule has 2 aromatic carbocycles. The lowest BCUT2D eigenvalue weighted by Crippen LogP contribution is -2.47. The second-order valence-corrected chi connectivity index (χ2v) is 11.0. The number of ether oxygens (including phenoxy) is 4. The van der Waals surface area contributed by atoms with Gasteiger partial charge in [0.15, 0.2) is 0 Å². The molecule has 0 bridgehead atoms. The minimum absolute atomic E-state index is 0.120. The molecule has 1 saturated heterocycles. The number of amides is 3. The predicted octanol–water partition coefficient (Wildman–Crippen LogP) is 3.16. The summed E-state index contributed by atoms with van der Waals surface area (Å²) in [5, 5.41) is 2.62. The highest BCUT2D eigenvalue weighted by Crippen LogP contribution is 2.29. The minimum atomic E-state index is -0.799. The number of piperidine rings is 1. The van der Waals surface area contributed by atoms with Crippen molar-refractivity contribution in [1.82, 2.24) is 19.4 Å². The molecule has 12 heteroatoms. The Kier molecular flexibility index (Phi) is 9.56. The normalized spacial score (nSPS) is 15.6. The van der Waals surface area contributed by atoms with Crippen LogP contribution in [0, 0.1) is 0 Å². The van der Waals surface area contributed by atoms with Crippen molar-refractivity contribution >= 4 is 28.9 Å². The van der Waals surface area contributed by atoms with E-state index in [2.05, 4.69) is 5.32 Å². The molecule has 1 aromatic heterocycles. The SMILES string of the molecule is COc1ccc(CN2C(=O)CCC(n3c(=O)n(C)c4cc(OCCOCCNC(=O)OC(C)(C)C)ccc43)C2=O)cc1. The van der Waals surface area contributed by atoms with E-state index >= 15 is 0 Å². The Balaban J connectivity index is 1.37. The second kappa shape index (κ2) is 13.1. The van der Waals surface area contributed by atoms with E-state index in [4.69, 9.17) is 18.9 Å². The Morgan fingerprint density at radius 1 is 0.976 bits per heavy atom. The molecule has 3 aromatic rings. The van der Waals surface area contributed by atoms with Crippen LogP contribution in [0.4, 0.5) is 4.79 Å². The van der Waals surface area contributed by atoms with Crippen LogP contribution in [0.15, 0.2) is 47.3 Å². The Morgan fingerprint density at radius 3 is 2.38 bits per heavy atom. The standard InChI is InChI=1S/C30H38N4O8/c1-30(2,3)42-28(37)31-14-15-40-16-17-41-22-10-11-23-25(18-22)32(4)29(38)34(23)24-12-13-26(35)33(27(24)36)19-20-6-8-21(39-5)9-7-20/h6-11,18,24H,12-17,19H2,1-5H3,(H,31,37). The van der Waals surface area contributed by atoms with Gasteiger partial charge in [-0.1, -0.05) is 12.1 Å². The number of carbonyl (C=O) groups is 3. The number of fused-ring (bicyclic) bond motifs is 1. The van der Waals surface area contributed by atoms with E-state index in [0.717, 1.165) is 5.56 Å². The van der Waals surface area contributed by atoms with Gasteiger partial charge in [0.1, 0.15) is 29.7 Å². The van der Waals surface area contributed by atoms with Crippen LogP contribution in [0.3, 0.4) is 0 Å². The molecule has 4 rings (SSSR count). The Hall–Kier alpha value is -4.32. The van der Waals surface area contributed by atoms with E-state index in [0.29, 0.717) is 42.3 Å². The highest BCUT2D eigenvalue weighted by Gasteiger charge is 2.37. The molecule has 0 saturated carbocycles. The number of hydrogen-bond donors (Lipinski definition) is 1. The maximum atomic E-state index is 13.5. The minimum Gasteiger partial charge on any atom is -0.497 e. The first-order chi connectivity index (χ1) is 20.0. The third kappa shape index (κ3) is 7.30. The number of alkyl carbamates (subject to hydrolysis) is 1. The summed E-state index contributed by atoms with van der Waals surface area (Å²) >= 11 is 0. The lowest BCUT2D eigenvalue weighted by molar-refractivity contribution is -0.151. The zero-order chi connectivity index (χ0) is 30.4. The first kappa shape index (κ1) is 30.6. The maximum Gasteiger partial charge on any atom is 0.407 e. The molecule has 2 heterocycles. The van der Waals surface area contributed by atoms with Gasteiger partial charge >= 0.3 is 11.8 Å². The lowest BCUT2D eigenvalue weighted by atomic mass is 10.0. The Bertz CT molecular complexity index is 1490. The maximum absolute atomic E-state index is 13.5. The van der Waals surface area contributed by atoms with E-state index in [-0.39, 0.29) is 37.6 Å². The van der Waals surface area contributed by atoms with Crippen molar-refractivity contribution in [3.05, 3.63) is 58.5 Å². The van der Waals surface area contributed by atoms with Crippen LogP contribution in [-0.4, -0.2) is 71.0 Å². The van der Waals surface area contributed by atoms with Gasteiger partial charge in [0.2, 0.25) is 5.91 Å². The molecule has 1 aliphatic heterocycles. The number of benzene rings is 2. The number of nitrogens with zero attached hydrogens (tertiary/aromatic N) is 3. The zero-order valence-electron chi connectivity index (χ0n) is 24.7. The molecule has 1 atom stereocenters. The Labute approximate surface area is 244 Å². The number of nitrogens with one attached hydrogen (secondary N) is 1. The largest absolute Gasteiger partial charge is 0.497 e. The van der Waals surface area contributed by atoms with Crippen molar-refractivity contribution in [3.8, 4) is 11.5 Å². The first-order valence-corrected chi connectivity index (χ1v) is 13.8. The molecular weight excluding hydrogens is 544 g/mol. The molecule has 0 aliphatic carbocycles. The number of aromatic nitrogens is 2. The fourth-order valence-electron chi connectivity index (χ4n) is 4.73. The van der Waals surface area contributed by atoms with Crippen molar-refractivity contribution in [2.75, 3.05) is 33.5 Å². The molecule has 42 heavy (non-hydrogen) atoms.